The summed E-state index contributed by atoms with van der Waals surface area (Å²) >= 11 is 0. The Kier molecular flexibility index (Phi) is 8.81. The molecule has 0 unspecified atom stereocenters. The molecule has 1 aromatic carbocycles. The fraction of sp³-hybridized carbons (Fsp3) is 0.560. The molecule has 0 aromatic heterocycles. The molecule has 0 bridgehead atoms. The van der Waals surface area contributed by atoms with Gasteiger partial charge in [0.1, 0.15) is 11.5 Å². The van der Waals surface area contributed by atoms with Crippen molar-refractivity contribution in [3.63, 3.8) is 0 Å². The monoisotopic (exact) mass is 400 g/mol. The minimum atomic E-state index is -0.293. The number of aryl methyl sites for hydroxylation is 1. The molecule has 2 N–H and O–H groups in total. The van der Waals surface area contributed by atoms with Crippen LogP contribution in [0.15, 0.2) is 35.9 Å². The van der Waals surface area contributed by atoms with Gasteiger partial charge in [0.25, 0.3) is 0 Å². The lowest BCUT2D eigenvalue weighted by molar-refractivity contribution is -0.139. The second-order valence-corrected chi connectivity index (χ2v) is 8.20. The van der Waals surface area contributed by atoms with Crippen molar-refractivity contribution < 1.29 is 19.7 Å². The van der Waals surface area contributed by atoms with E-state index in [1.807, 2.05) is 13.0 Å². The number of phenolic OH excluding ortho intramolecular Hbond substituents is 2. The number of ether oxygens (including phenoxy) is 1. The molecule has 2 rings (SSSR count). The zero-order chi connectivity index (χ0) is 21.4. The van der Waals surface area contributed by atoms with Gasteiger partial charge in [0.05, 0.1) is 6.61 Å². The number of aromatic hydroxyl groups is 2. The highest BCUT2D eigenvalue weighted by Gasteiger charge is 2.32. The maximum atomic E-state index is 12.5. The van der Waals surface area contributed by atoms with Crippen LogP contribution in [0, 0.1) is 5.92 Å². The van der Waals surface area contributed by atoms with E-state index in [0.717, 1.165) is 56.1 Å². The van der Waals surface area contributed by atoms with Crippen molar-refractivity contribution in [3.8, 4) is 11.5 Å². The number of allylic oxidation sites excluding steroid dienone is 2. The van der Waals surface area contributed by atoms with E-state index < -0.39 is 0 Å². The fourth-order valence-electron chi connectivity index (χ4n) is 4.06. The lowest BCUT2D eigenvalue weighted by atomic mass is 9.73. The topological polar surface area (TPSA) is 66.8 Å². The molecule has 0 aliphatic heterocycles. The minimum Gasteiger partial charge on any atom is -0.507 e. The normalized spacial score (nSPS) is 18.9. The van der Waals surface area contributed by atoms with E-state index in [1.165, 1.54) is 0 Å². The molecular formula is C25H36O4. The van der Waals surface area contributed by atoms with Crippen molar-refractivity contribution in [1.29, 1.82) is 0 Å². The molecule has 0 saturated heterocycles. The van der Waals surface area contributed by atoms with Crippen molar-refractivity contribution in [2.24, 2.45) is 5.92 Å². The Morgan fingerprint density at radius 3 is 2.38 bits per heavy atom. The number of phenols is 2. The first kappa shape index (κ1) is 23.1. The van der Waals surface area contributed by atoms with Gasteiger partial charge in [0, 0.05) is 17.1 Å². The van der Waals surface area contributed by atoms with Gasteiger partial charge in [-0.05, 0) is 62.6 Å². The summed E-state index contributed by atoms with van der Waals surface area (Å²) in [6.45, 7) is 10.7. The second-order valence-electron chi connectivity index (χ2n) is 8.20. The van der Waals surface area contributed by atoms with Gasteiger partial charge in [-0.1, -0.05) is 51.3 Å². The van der Waals surface area contributed by atoms with Crippen LogP contribution in [-0.2, 0) is 16.0 Å². The van der Waals surface area contributed by atoms with E-state index in [2.05, 4.69) is 20.4 Å². The Labute approximate surface area is 175 Å². The predicted octanol–water partition coefficient (Wildman–Crippen LogP) is 6.17. The maximum absolute atomic E-state index is 12.5. The lowest BCUT2D eigenvalue weighted by Gasteiger charge is -2.31. The van der Waals surface area contributed by atoms with E-state index >= 15 is 0 Å². The number of esters is 1. The zero-order valence-corrected chi connectivity index (χ0v) is 18.2. The number of hydrogen-bond donors (Lipinski definition) is 2. The van der Waals surface area contributed by atoms with Gasteiger partial charge in [0.15, 0.2) is 0 Å². The van der Waals surface area contributed by atoms with Crippen LogP contribution in [0.5, 0.6) is 11.5 Å². The van der Waals surface area contributed by atoms with E-state index in [-0.39, 0.29) is 29.3 Å². The highest BCUT2D eigenvalue weighted by Crippen LogP contribution is 2.46. The summed E-state index contributed by atoms with van der Waals surface area (Å²) in [5, 5.41) is 21.5. The average Bonchev–Trinajstić information content (AvgIpc) is 2.67. The van der Waals surface area contributed by atoms with E-state index in [0.29, 0.717) is 24.2 Å². The van der Waals surface area contributed by atoms with Crippen molar-refractivity contribution in [2.45, 2.75) is 78.1 Å². The summed E-state index contributed by atoms with van der Waals surface area (Å²) in [4.78, 5) is 12.5. The molecule has 1 aromatic rings. The van der Waals surface area contributed by atoms with Crippen LogP contribution < -0.4 is 0 Å². The first-order valence-electron chi connectivity index (χ1n) is 11.0. The van der Waals surface area contributed by atoms with Gasteiger partial charge in [-0.15, -0.1) is 0 Å². The third kappa shape index (κ3) is 6.12. The van der Waals surface area contributed by atoms with Gasteiger partial charge >= 0.3 is 5.97 Å². The smallest absolute Gasteiger partial charge is 0.333 e. The Morgan fingerprint density at radius 1 is 1.14 bits per heavy atom. The van der Waals surface area contributed by atoms with Crippen LogP contribution in [0.25, 0.3) is 0 Å². The van der Waals surface area contributed by atoms with Crippen LogP contribution in [0.1, 0.15) is 82.8 Å². The summed E-state index contributed by atoms with van der Waals surface area (Å²) in [6.07, 6.45) is 9.14. The molecule has 0 saturated carbocycles. The molecule has 1 aliphatic rings. The van der Waals surface area contributed by atoms with Gasteiger partial charge in [-0.2, -0.15) is 0 Å². The van der Waals surface area contributed by atoms with Crippen LogP contribution >= 0.6 is 0 Å². The van der Waals surface area contributed by atoms with E-state index in [4.69, 9.17) is 4.74 Å². The Bertz CT molecular complexity index is 724. The third-order valence-electron chi connectivity index (χ3n) is 5.76. The molecular weight excluding hydrogens is 364 g/mol. The van der Waals surface area contributed by atoms with Crippen LogP contribution in [-0.4, -0.2) is 22.8 Å². The average molecular weight is 401 g/mol. The molecule has 0 heterocycles. The highest BCUT2D eigenvalue weighted by atomic mass is 16.5. The number of rotatable bonds is 10. The molecule has 0 radical (unpaired) electrons. The standard InChI is InChI=1S/C25H36O4/c1-5-7-9-10-18-14-22(26)24(23(27)15-18)21-16-19(11-12-20(21)17(3)4)25(28)29-13-8-6-2/h14-16,20-21,26-27H,3,5-13H2,1-2,4H3/t20-,21+/m0/s1. The Balaban J connectivity index is 2.32. The van der Waals surface area contributed by atoms with Crippen LogP contribution in [0.3, 0.4) is 0 Å². The number of benzene rings is 1. The van der Waals surface area contributed by atoms with E-state index in [1.54, 1.807) is 12.1 Å². The molecule has 0 amide bonds. The van der Waals surface area contributed by atoms with Crippen molar-refractivity contribution in [1.82, 2.24) is 0 Å². The van der Waals surface area contributed by atoms with Crippen molar-refractivity contribution in [2.75, 3.05) is 6.61 Å². The summed E-state index contributed by atoms with van der Waals surface area (Å²) in [7, 11) is 0. The molecule has 1 aliphatic carbocycles. The minimum absolute atomic E-state index is 0.0601. The predicted molar refractivity (Wildman–Crippen MR) is 117 cm³/mol. The summed E-state index contributed by atoms with van der Waals surface area (Å²) in [6, 6.07) is 3.50. The van der Waals surface area contributed by atoms with Crippen LogP contribution in [0.4, 0.5) is 0 Å². The highest BCUT2D eigenvalue weighted by molar-refractivity contribution is 5.89. The van der Waals surface area contributed by atoms with Crippen molar-refractivity contribution in [3.05, 3.63) is 47.1 Å². The number of hydrogen-bond acceptors (Lipinski definition) is 4. The molecule has 2 atom stereocenters. The molecule has 0 fully saturated rings. The van der Waals surface area contributed by atoms with Gasteiger partial charge in [0.2, 0.25) is 0 Å². The van der Waals surface area contributed by atoms with Gasteiger partial charge in [-0.25, -0.2) is 4.79 Å². The largest absolute Gasteiger partial charge is 0.507 e. The summed E-state index contributed by atoms with van der Waals surface area (Å²) < 4.78 is 5.38. The SMILES string of the molecule is C=C(C)[C@@H]1CCC(C(=O)OCCCC)=C[C@H]1c1c(O)cc(CCCCC)cc1O. The zero-order valence-electron chi connectivity index (χ0n) is 18.2. The molecule has 4 heteroatoms. The summed E-state index contributed by atoms with van der Waals surface area (Å²) in [5.74, 6) is -0.349. The van der Waals surface area contributed by atoms with Gasteiger partial charge < -0.3 is 14.9 Å². The molecule has 0 spiro atoms. The summed E-state index contributed by atoms with van der Waals surface area (Å²) in [5.41, 5.74) is 3.02. The molecule has 4 nitrogen and oxygen atoms in total. The van der Waals surface area contributed by atoms with E-state index in [9.17, 15) is 15.0 Å². The first-order chi connectivity index (χ1) is 13.9. The maximum Gasteiger partial charge on any atom is 0.333 e. The first-order valence-corrected chi connectivity index (χ1v) is 11.0. The third-order valence-corrected chi connectivity index (χ3v) is 5.76. The Hall–Kier alpha value is -2.23. The number of carbonyl (C=O) groups is 1. The molecule has 160 valence electrons. The lowest BCUT2D eigenvalue weighted by Crippen LogP contribution is -2.21. The second kappa shape index (κ2) is 11.1. The Morgan fingerprint density at radius 2 is 1.79 bits per heavy atom. The number of unbranched alkanes of at least 4 members (excludes halogenated alkanes) is 3. The fourth-order valence-corrected chi connectivity index (χ4v) is 4.06. The quantitative estimate of drug-likeness (QED) is 0.280. The number of carbonyl (C=O) groups excluding carboxylic acids is 1. The van der Waals surface area contributed by atoms with Gasteiger partial charge in [-0.3, -0.25) is 0 Å². The van der Waals surface area contributed by atoms with Crippen molar-refractivity contribution >= 4 is 5.97 Å². The molecule has 29 heavy (non-hydrogen) atoms. The van der Waals surface area contributed by atoms with Crippen LogP contribution in [0.2, 0.25) is 0 Å².